The van der Waals surface area contributed by atoms with Crippen molar-refractivity contribution in [1.29, 1.82) is 0 Å². The molecular formula is C18H23N7O2. The van der Waals surface area contributed by atoms with Crippen LogP contribution in [-0.2, 0) is 12.0 Å². The highest BCUT2D eigenvalue weighted by Gasteiger charge is 2.36. The first-order valence-corrected chi connectivity index (χ1v) is 8.78. The quantitative estimate of drug-likeness (QED) is 0.796. The molecule has 9 heteroatoms. The Morgan fingerprint density at radius 1 is 1.30 bits per heavy atom. The van der Waals surface area contributed by atoms with Crippen molar-refractivity contribution in [1.82, 2.24) is 15.1 Å². The van der Waals surface area contributed by atoms with E-state index in [4.69, 9.17) is 10.3 Å². The van der Waals surface area contributed by atoms with E-state index in [1.807, 2.05) is 48.5 Å². The number of furan rings is 1. The lowest BCUT2D eigenvalue weighted by molar-refractivity contribution is 0.0736. The Labute approximate surface area is 157 Å². The summed E-state index contributed by atoms with van der Waals surface area (Å²) in [6.45, 7) is 5.72. The minimum absolute atomic E-state index is 0.223. The highest BCUT2D eigenvalue weighted by Crippen LogP contribution is 2.33. The Balaban J connectivity index is 1.58. The summed E-state index contributed by atoms with van der Waals surface area (Å²) in [4.78, 5) is 4.57. The van der Waals surface area contributed by atoms with Crippen LogP contribution in [0.4, 0.5) is 5.88 Å². The van der Waals surface area contributed by atoms with Gasteiger partial charge >= 0.3 is 0 Å². The molecule has 2 aromatic heterocycles. The van der Waals surface area contributed by atoms with Crippen molar-refractivity contribution in [3.8, 4) is 0 Å². The van der Waals surface area contributed by atoms with Crippen LogP contribution in [0.5, 0.6) is 0 Å². The smallest absolute Gasteiger partial charge is 0.217 e. The summed E-state index contributed by atoms with van der Waals surface area (Å²) in [5.74, 6) is 7.54. The lowest BCUT2D eigenvalue weighted by atomic mass is 10.0. The van der Waals surface area contributed by atoms with E-state index in [0.29, 0.717) is 24.7 Å². The highest BCUT2D eigenvalue weighted by atomic mass is 16.4. The van der Waals surface area contributed by atoms with Crippen LogP contribution in [0, 0.1) is 6.92 Å². The number of nitrogens with zero attached hydrogens (tertiary/aromatic N) is 6. The van der Waals surface area contributed by atoms with Crippen LogP contribution in [0.1, 0.15) is 31.0 Å². The monoisotopic (exact) mass is 369 g/mol. The zero-order valence-corrected chi connectivity index (χ0v) is 15.6. The third kappa shape index (κ3) is 3.38. The van der Waals surface area contributed by atoms with Crippen LogP contribution < -0.4 is 10.9 Å². The van der Waals surface area contributed by atoms with Crippen molar-refractivity contribution in [3.63, 3.8) is 0 Å². The average molecular weight is 369 g/mol. The summed E-state index contributed by atoms with van der Waals surface area (Å²) in [7, 11) is 0. The number of fused-ring (bicyclic) bond motifs is 1. The number of hydrazine groups is 2. The number of anilines is 1. The number of aryl methyl sites for hydroxylation is 1. The van der Waals surface area contributed by atoms with Gasteiger partial charge in [0.15, 0.2) is 0 Å². The van der Waals surface area contributed by atoms with Gasteiger partial charge in [-0.15, -0.1) is 5.12 Å². The number of hydrogen-bond acceptors (Lipinski definition) is 9. The van der Waals surface area contributed by atoms with Crippen LogP contribution in [0.25, 0.3) is 0 Å². The van der Waals surface area contributed by atoms with Crippen molar-refractivity contribution in [3.05, 3.63) is 59.4 Å². The molecule has 142 valence electrons. The van der Waals surface area contributed by atoms with Crippen LogP contribution in [0.2, 0.25) is 0 Å². The van der Waals surface area contributed by atoms with Crippen molar-refractivity contribution in [2.75, 3.05) is 11.7 Å². The first-order chi connectivity index (χ1) is 12.8. The van der Waals surface area contributed by atoms with Gasteiger partial charge in [0.2, 0.25) is 5.88 Å². The lowest BCUT2D eigenvalue weighted by Gasteiger charge is -2.37. The van der Waals surface area contributed by atoms with Gasteiger partial charge in [0.25, 0.3) is 0 Å². The summed E-state index contributed by atoms with van der Waals surface area (Å²) >= 11 is 0. The van der Waals surface area contributed by atoms with Gasteiger partial charge in [0, 0.05) is 24.4 Å². The van der Waals surface area contributed by atoms with Crippen molar-refractivity contribution < 1.29 is 9.52 Å². The van der Waals surface area contributed by atoms with Crippen LogP contribution in [-0.4, -0.2) is 32.9 Å². The fourth-order valence-electron chi connectivity index (χ4n) is 3.11. The Bertz CT molecular complexity index is 899. The molecule has 2 aliphatic heterocycles. The van der Waals surface area contributed by atoms with Gasteiger partial charge in [-0.2, -0.15) is 5.11 Å². The summed E-state index contributed by atoms with van der Waals surface area (Å²) in [5.41, 5.74) is 1.30. The third-order valence-electron chi connectivity index (χ3n) is 4.49. The first kappa shape index (κ1) is 17.5. The highest BCUT2D eigenvalue weighted by molar-refractivity contribution is 5.38. The second kappa shape index (κ2) is 6.36. The minimum Gasteiger partial charge on any atom is -0.444 e. The van der Waals surface area contributed by atoms with Gasteiger partial charge in [-0.05, 0) is 39.0 Å². The topological polar surface area (TPSA) is 107 Å². The second-order valence-electron chi connectivity index (χ2n) is 7.28. The fourth-order valence-corrected chi connectivity index (χ4v) is 3.11. The van der Waals surface area contributed by atoms with E-state index in [-0.39, 0.29) is 6.04 Å². The molecule has 4 rings (SSSR count). The number of nitrogens with two attached hydrogens (primary N) is 1. The summed E-state index contributed by atoms with van der Waals surface area (Å²) in [6.07, 6.45) is 2.38. The molecule has 1 unspecified atom stereocenters. The molecule has 0 radical (unpaired) electrons. The summed E-state index contributed by atoms with van der Waals surface area (Å²) in [5, 5.41) is 24.0. The minimum atomic E-state index is -0.995. The predicted octanol–water partition coefficient (Wildman–Crippen LogP) is 2.21. The maximum absolute atomic E-state index is 10.2. The maximum Gasteiger partial charge on any atom is 0.217 e. The summed E-state index contributed by atoms with van der Waals surface area (Å²) < 4.78 is 5.72. The van der Waals surface area contributed by atoms with E-state index in [9.17, 15) is 5.11 Å². The number of rotatable bonds is 4. The average Bonchev–Trinajstić information content (AvgIpc) is 3.21. The maximum atomic E-state index is 10.2. The largest absolute Gasteiger partial charge is 0.444 e. The van der Waals surface area contributed by atoms with E-state index in [2.05, 4.69) is 15.3 Å². The molecule has 9 nitrogen and oxygen atoms in total. The molecular weight excluding hydrogens is 346 g/mol. The Morgan fingerprint density at radius 3 is 2.81 bits per heavy atom. The SMILES string of the molecule is Cc1ccc(N2CN(N)C=C3C(Cc4cccc(C(C)(C)O)n4)N=NN32)o1. The van der Waals surface area contributed by atoms with Gasteiger partial charge in [-0.25, -0.2) is 10.9 Å². The molecule has 0 saturated heterocycles. The number of pyridine rings is 1. The van der Waals surface area contributed by atoms with Gasteiger partial charge in [-0.1, -0.05) is 11.3 Å². The summed E-state index contributed by atoms with van der Waals surface area (Å²) in [6, 6.07) is 9.18. The molecule has 0 aliphatic carbocycles. The normalized spacial score (nSPS) is 19.5. The molecule has 0 spiro atoms. The molecule has 3 N–H and O–H groups in total. The first-order valence-electron chi connectivity index (χ1n) is 8.78. The molecule has 0 saturated carbocycles. The van der Waals surface area contributed by atoms with Crippen molar-refractivity contribution in [2.45, 2.75) is 38.8 Å². The van der Waals surface area contributed by atoms with E-state index in [1.165, 1.54) is 0 Å². The van der Waals surface area contributed by atoms with Crippen molar-refractivity contribution in [2.24, 2.45) is 16.2 Å². The molecule has 27 heavy (non-hydrogen) atoms. The second-order valence-corrected chi connectivity index (χ2v) is 7.28. The number of aliphatic hydroxyl groups is 1. The molecule has 0 aromatic carbocycles. The third-order valence-corrected chi connectivity index (χ3v) is 4.49. The molecule has 1 atom stereocenters. The van der Waals surface area contributed by atoms with E-state index >= 15 is 0 Å². The standard InChI is InChI=1S/C18H23N7O2/c1-12-7-8-17(27-12)24-11-23(19)10-15-14(21-22-25(15)24)9-13-5-4-6-16(20-13)18(2,3)26/h4-8,10,14,26H,9,11,19H2,1-3H3. The van der Waals surface area contributed by atoms with E-state index in [0.717, 1.165) is 17.2 Å². The zero-order valence-electron chi connectivity index (χ0n) is 15.6. The van der Waals surface area contributed by atoms with Crippen LogP contribution in [0.15, 0.2) is 57.0 Å². The van der Waals surface area contributed by atoms with Gasteiger partial charge in [0.1, 0.15) is 29.8 Å². The number of aromatic nitrogens is 1. The fraction of sp³-hybridized carbons (Fsp3) is 0.389. The van der Waals surface area contributed by atoms with E-state index in [1.54, 1.807) is 24.0 Å². The molecule has 0 amide bonds. The Hall–Kier alpha value is -2.91. The van der Waals surface area contributed by atoms with Gasteiger partial charge in [-0.3, -0.25) is 9.99 Å². The predicted molar refractivity (Wildman–Crippen MR) is 98.6 cm³/mol. The molecule has 2 aliphatic rings. The van der Waals surface area contributed by atoms with Crippen LogP contribution in [0.3, 0.4) is 0 Å². The Kier molecular flexibility index (Phi) is 4.12. The molecule has 0 bridgehead atoms. The lowest BCUT2D eigenvalue weighted by Crippen LogP contribution is -2.51. The van der Waals surface area contributed by atoms with Crippen molar-refractivity contribution >= 4 is 5.88 Å². The van der Waals surface area contributed by atoms with Gasteiger partial charge < -0.3 is 9.52 Å². The molecule has 2 aromatic rings. The number of hydrogen-bond donors (Lipinski definition) is 2. The zero-order chi connectivity index (χ0) is 19.2. The van der Waals surface area contributed by atoms with E-state index < -0.39 is 5.60 Å². The van der Waals surface area contributed by atoms with Crippen LogP contribution >= 0.6 is 0 Å². The Morgan fingerprint density at radius 2 is 2.11 bits per heavy atom. The molecule has 4 heterocycles. The van der Waals surface area contributed by atoms with Gasteiger partial charge in [0.05, 0.1) is 5.69 Å². The molecule has 0 fully saturated rings.